The molecule has 8 nitrogen and oxygen atoms in total. The van der Waals surface area contributed by atoms with Crippen molar-refractivity contribution in [2.45, 2.75) is 43.9 Å². The minimum Gasteiger partial charge on any atom is -0.489 e. The smallest absolute Gasteiger partial charge is 0.415 e. The second-order valence-corrected chi connectivity index (χ2v) is 15.5. The standard InChI is InChI=1S/C31H35N3O5Si/c1-31(2,40(37,23-9-5-3-6-10-23)24-11-7-4-8-12-24)18-21-15-16-33(29(21)35)22-13-14-25-27(17-22)38-20-26-28(19-32)39-30(36)34(25)26/h3-14,17,21,26,28,37H,15-16,18-20,32H2,1-2H3/t21-,26+,28+/m1/s1. The Morgan fingerprint density at radius 3 is 2.27 bits per heavy atom. The van der Waals surface area contributed by atoms with Crippen LogP contribution < -0.4 is 30.6 Å². The molecule has 2 amide bonds. The molecule has 0 aliphatic carbocycles. The highest BCUT2D eigenvalue weighted by atomic mass is 28.4. The number of hydrogen-bond donors (Lipinski definition) is 2. The van der Waals surface area contributed by atoms with Gasteiger partial charge in [0.05, 0.1) is 5.69 Å². The number of hydrogen-bond acceptors (Lipinski definition) is 6. The van der Waals surface area contributed by atoms with Crippen LogP contribution in [0.25, 0.3) is 0 Å². The van der Waals surface area contributed by atoms with Crippen LogP contribution in [0.1, 0.15) is 26.7 Å². The molecule has 40 heavy (non-hydrogen) atoms. The lowest BCUT2D eigenvalue weighted by Crippen LogP contribution is -2.65. The number of anilines is 2. The quantitative estimate of drug-likeness (QED) is 0.433. The van der Waals surface area contributed by atoms with E-state index < -0.39 is 25.6 Å². The summed E-state index contributed by atoms with van der Waals surface area (Å²) in [5.41, 5.74) is 7.15. The average molecular weight is 558 g/mol. The van der Waals surface area contributed by atoms with Crippen molar-refractivity contribution in [3.05, 3.63) is 78.9 Å². The molecule has 0 saturated carbocycles. The van der Waals surface area contributed by atoms with Crippen molar-refractivity contribution in [3.8, 4) is 5.75 Å². The number of carbonyl (C=O) groups excluding carboxylic acids is 2. The van der Waals surface area contributed by atoms with E-state index >= 15 is 0 Å². The first-order chi connectivity index (χ1) is 19.2. The van der Waals surface area contributed by atoms with Gasteiger partial charge in [-0.3, -0.25) is 9.69 Å². The molecule has 2 saturated heterocycles. The van der Waals surface area contributed by atoms with Crippen LogP contribution in [0.5, 0.6) is 5.75 Å². The summed E-state index contributed by atoms with van der Waals surface area (Å²) in [4.78, 5) is 42.2. The molecular formula is C31H35N3O5Si. The lowest BCUT2D eigenvalue weighted by atomic mass is 9.95. The van der Waals surface area contributed by atoms with E-state index in [0.29, 0.717) is 30.8 Å². The zero-order valence-electron chi connectivity index (χ0n) is 22.8. The van der Waals surface area contributed by atoms with Crippen LogP contribution in [0, 0.1) is 5.92 Å². The highest BCUT2D eigenvalue weighted by Gasteiger charge is 2.52. The molecule has 0 unspecified atom stereocenters. The zero-order valence-corrected chi connectivity index (χ0v) is 23.8. The number of fused-ring (bicyclic) bond motifs is 3. The molecule has 3 N–H and O–H groups in total. The molecule has 3 aromatic carbocycles. The van der Waals surface area contributed by atoms with E-state index in [1.54, 1.807) is 9.80 Å². The molecule has 6 rings (SSSR count). The van der Waals surface area contributed by atoms with Gasteiger partial charge in [0.25, 0.3) is 8.32 Å². The molecule has 9 heteroatoms. The average Bonchev–Trinajstić information content (AvgIpc) is 3.51. The molecule has 3 atom stereocenters. The lowest BCUT2D eigenvalue weighted by molar-refractivity contribution is -0.120. The Bertz CT molecular complexity index is 1380. The first-order valence-corrected chi connectivity index (χ1v) is 15.8. The fraction of sp³-hybridized carbons (Fsp3) is 0.355. The summed E-state index contributed by atoms with van der Waals surface area (Å²) in [5.74, 6) is 0.375. The fourth-order valence-electron chi connectivity index (χ4n) is 6.65. The van der Waals surface area contributed by atoms with E-state index in [0.717, 1.165) is 16.1 Å². The van der Waals surface area contributed by atoms with Crippen molar-refractivity contribution >= 4 is 42.1 Å². The number of benzene rings is 3. The monoisotopic (exact) mass is 557 g/mol. The highest BCUT2D eigenvalue weighted by molar-refractivity contribution is 6.98. The molecular weight excluding hydrogens is 522 g/mol. The van der Waals surface area contributed by atoms with Gasteiger partial charge in [-0.2, -0.15) is 0 Å². The van der Waals surface area contributed by atoms with Gasteiger partial charge in [0, 0.05) is 30.8 Å². The number of rotatable bonds is 7. The fourth-order valence-corrected chi connectivity index (χ4v) is 10.4. The Labute approximate surface area is 235 Å². The predicted molar refractivity (Wildman–Crippen MR) is 157 cm³/mol. The minimum atomic E-state index is -3.22. The third-order valence-electron chi connectivity index (χ3n) is 8.80. The number of nitrogens with zero attached hydrogens (tertiary/aromatic N) is 2. The number of carbonyl (C=O) groups is 2. The number of ether oxygens (including phenoxy) is 2. The molecule has 3 heterocycles. The van der Waals surface area contributed by atoms with Gasteiger partial charge in [-0.25, -0.2) is 4.79 Å². The number of amides is 2. The molecule has 2 fully saturated rings. The van der Waals surface area contributed by atoms with Crippen LogP contribution in [0.3, 0.4) is 0 Å². The first kappa shape index (κ1) is 26.6. The van der Waals surface area contributed by atoms with Gasteiger partial charge in [-0.15, -0.1) is 0 Å². The largest absolute Gasteiger partial charge is 0.489 e. The summed E-state index contributed by atoms with van der Waals surface area (Å²) >= 11 is 0. The Hall–Kier alpha value is -3.66. The number of cyclic esters (lactones) is 1. The maximum Gasteiger partial charge on any atom is 0.415 e. The van der Waals surface area contributed by atoms with Crippen molar-refractivity contribution in [1.82, 2.24) is 0 Å². The third kappa shape index (κ3) is 4.20. The second-order valence-electron chi connectivity index (χ2n) is 11.6. The van der Waals surface area contributed by atoms with Crippen LogP contribution in [0.2, 0.25) is 5.04 Å². The number of nitrogens with two attached hydrogens (primary N) is 1. The van der Waals surface area contributed by atoms with Gasteiger partial charge < -0.3 is 24.9 Å². The van der Waals surface area contributed by atoms with Crippen LogP contribution in [0.4, 0.5) is 16.2 Å². The summed E-state index contributed by atoms with van der Waals surface area (Å²) in [6.45, 7) is 5.30. The van der Waals surface area contributed by atoms with Crippen molar-refractivity contribution in [3.63, 3.8) is 0 Å². The molecule has 0 radical (unpaired) electrons. The Morgan fingerprint density at radius 2 is 1.65 bits per heavy atom. The molecule has 3 aliphatic heterocycles. The van der Waals surface area contributed by atoms with E-state index in [-0.39, 0.29) is 31.0 Å². The van der Waals surface area contributed by atoms with E-state index in [1.807, 2.05) is 78.9 Å². The van der Waals surface area contributed by atoms with Crippen molar-refractivity contribution in [1.29, 1.82) is 0 Å². The second kappa shape index (κ2) is 10.1. The highest BCUT2D eigenvalue weighted by Crippen LogP contribution is 2.46. The molecule has 0 bridgehead atoms. The van der Waals surface area contributed by atoms with Gasteiger partial charge in [0.2, 0.25) is 5.91 Å². The normalized spacial score (nSPS) is 22.6. The van der Waals surface area contributed by atoms with E-state index in [1.165, 1.54) is 0 Å². The van der Waals surface area contributed by atoms with Gasteiger partial charge in [-0.05, 0) is 40.4 Å². The van der Waals surface area contributed by atoms with Crippen LogP contribution >= 0.6 is 0 Å². The molecule has 3 aromatic rings. The first-order valence-electron chi connectivity index (χ1n) is 13.9. The summed E-state index contributed by atoms with van der Waals surface area (Å²) in [6, 6.07) is 25.1. The van der Waals surface area contributed by atoms with E-state index in [4.69, 9.17) is 15.2 Å². The van der Waals surface area contributed by atoms with Gasteiger partial charge in [-0.1, -0.05) is 74.5 Å². The lowest BCUT2D eigenvalue weighted by Gasteiger charge is -2.42. The third-order valence-corrected chi connectivity index (χ3v) is 13.3. The maximum absolute atomic E-state index is 13.8. The summed E-state index contributed by atoms with van der Waals surface area (Å²) in [6.07, 6.45) is 0.440. The summed E-state index contributed by atoms with van der Waals surface area (Å²) in [7, 11) is -3.22. The van der Waals surface area contributed by atoms with E-state index in [9.17, 15) is 14.4 Å². The SMILES string of the molecule is CC(C)(C[C@H]1CCN(c2ccc3c(c2)OC[C@H]2[C@H](CN)OC(=O)N32)C1=O)[Si](O)(c1ccccc1)c1ccccc1. The molecule has 0 aromatic heterocycles. The van der Waals surface area contributed by atoms with Crippen LogP contribution in [-0.4, -0.2) is 57.0 Å². The summed E-state index contributed by atoms with van der Waals surface area (Å²) < 4.78 is 11.4. The van der Waals surface area contributed by atoms with E-state index in [2.05, 4.69) is 13.8 Å². The van der Waals surface area contributed by atoms with Crippen molar-refractivity contribution < 1.29 is 23.9 Å². The van der Waals surface area contributed by atoms with Gasteiger partial charge >= 0.3 is 6.09 Å². The van der Waals surface area contributed by atoms with Crippen molar-refractivity contribution in [2.75, 3.05) is 29.5 Å². The van der Waals surface area contributed by atoms with Gasteiger partial charge in [0.1, 0.15) is 24.5 Å². The minimum absolute atomic E-state index is 0.0444. The van der Waals surface area contributed by atoms with Crippen molar-refractivity contribution in [2.24, 2.45) is 11.7 Å². The Kier molecular flexibility index (Phi) is 6.68. The Balaban J connectivity index is 1.24. The van der Waals surface area contributed by atoms with Crippen LogP contribution in [-0.2, 0) is 9.53 Å². The molecule has 0 spiro atoms. The summed E-state index contributed by atoms with van der Waals surface area (Å²) in [5, 5.41) is 1.36. The van der Waals surface area contributed by atoms with Crippen LogP contribution in [0.15, 0.2) is 78.9 Å². The molecule has 3 aliphatic rings. The topological polar surface area (TPSA) is 105 Å². The Morgan fingerprint density at radius 1 is 1.00 bits per heavy atom. The molecule has 208 valence electrons. The predicted octanol–water partition coefficient (Wildman–Crippen LogP) is 3.01. The zero-order chi connectivity index (χ0) is 28.1. The van der Waals surface area contributed by atoms with Gasteiger partial charge in [0.15, 0.2) is 0 Å². The maximum atomic E-state index is 13.8.